The summed E-state index contributed by atoms with van der Waals surface area (Å²) in [5.74, 6) is -0.131. The van der Waals surface area contributed by atoms with Gasteiger partial charge in [-0.15, -0.1) is 0 Å². The molecule has 26 heavy (non-hydrogen) atoms. The van der Waals surface area contributed by atoms with E-state index in [0.29, 0.717) is 6.54 Å². The number of nitrogens with zero attached hydrogens (tertiary/aromatic N) is 1. The molecule has 1 fully saturated rings. The number of carbonyl (C=O) groups excluding carboxylic acids is 1. The van der Waals surface area contributed by atoms with Crippen molar-refractivity contribution in [2.75, 3.05) is 11.4 Å². The highest BCUT2D eigenvalue weighted by atomic mass is 19.1. The van der Waals surface area contributed by atoms with Gasteiger partial charge in [0.25, 0.3) is 0 Å². The van der Waals surface area contributed by atoms with Gasteiger partial charge < -0.3 is 4.90 Å². The average molecular weight is 343 g/mol. The number of hydrogen-bond acceptors (Lipinski definition) is 1. The van der Waals surface area contributed by atoms with Gasteiger partial charge >= 0.3 is 0 Å². The summed E-state index contributed by atoms with van der Waals surface area (Å²) in [4.78, 5) is 15.0. The number of amides is 1. The van der Waals surface area contributed by atoms with E-state index in [1.54, 1.807) is 17.0 Å². The number of fused-ring (bicyclic) bond motifs is 3. The van der Waals surface area contributed by atoms with Crippen LogP contribution in [0.2, 0.25) is 0 Å². The molecule has 1 saturated heterocycles. The van der Waals surface area contributed by atoms with Gasteiger partial charge in [0, 0.05) is 18.2 Å². The minimum Gasteiger partial charge on any atom is -0.312 e. The summed E-state index contributed by atoms with van der Waals surface area (Å²) in [6.45, 7) is 0.677. The Labute approximate surface area is 151 Å². The average Bonchev–Trinajstić information content (AvgIpc) is 3.20. The lowest BCUT2D eigenvalue weighted by Crippen LogP contribution is -2.29. The molecule has 0 N–H and O–H groups in total. The molecule has 3 aromatic carbocycles. The van der Waals surface area contributed by atoms with E-state index >= 15 is 0 Å². The molecule has 1 atom stereocenters. The Bertz CT molecular complexity index is 950. The second-order valence-corrected chi connectivity index (χ2v) is 7.01. The molecule has 0 radical (unpaired) electrons. The van der Waals surface area contributed by atoms with E-state index in [9.17, 15) is 9.18 Å². The Morgan fingerprint density at radius 3 is 2.00 bits per heavy atom. The highest BCUT2D eigenvalue weighted by Gasteiger charge is 2.43. The van der Waals surface area contributed by atoms with Gasteiger partial charge in [-0.1, -0.05) is 48.5 Å². The molecule has 0 saturated carbocycles. The third-order valence-electron chi connectivity index (χ3n) is 5.67. The van der Waals surface area contributed by atoms with Gasteiger partial charge in [-0.2, -0.15) is 0 Å². The summed E-state index contributed by atoms with van der Waals surface area (Å²) in [5.41, 5.74) is 5.74. The predicted molar refractivity (Wildman–Crippen MR) is 101 cm³/mol. The van der Waals surface area contributed by atoms with E-state index < -0.39 is 0 Å². The van der Waals surface area contributed by atoms with Crippen molar-refractivity contribution >= 4 is 11.6 Å². The molecular formula is C23H18FNO. The largest absolute Gasteiger partial charge is 0.312 e. The fraction of sp³-hybridized carbons (Fsp3) is 0.174. The van der Waals surface area contributed by atoms with E-state index in [0.717, 1.165) is 12.1 Å². The molecule has 128 valence electrons. The van der Waals surface area contributed by atoms with Crippen molar-refractivity contribution in [3.05, 3.63) is 89.7 Å². The predicted octanol–water partition coefficient (Wildman–Crippen LogP) is 4.99. The van der Waals surface area contributed by atoms with Gasteiger partial charge in [-0.3, -0.25) is 4.79 Å². The van der Waals surface area contributed by atoms with Crippen LogP contribution in [-0.4, -0.2) is 12.5 Å². The number of anilines is 1. The van der Waals surface area contributed by atoms with Gasteiger partial charge in [-0.25, -0.2) is 4.39 Å². The van der Waals surface area contributed by atoms with Gasteiger partial charge in [-0.05, 0) is 52.9 Å². The highest BCUT2D eigenvalue weighted by Crippen LogP contribution is 2.50. The fourth-order valence-corrected chi connectivity index (χ4v) is 4.52. The van der Waals surface area contributed by atoms with Gasteiger partial charge in [0.2, 0.25) is 5.91 Å². The summed E-state index contributed by atoms with van der Waals surface area (Å²) in [5, 5.41) is 0. The maximum absolute atomic E-state index is 13.2. The molecule has 0 bridgehead atoms. The molecule has 0 aromatic heterocycles. The Balaban J connectivity index is 1.55. The number of carbonyl (C=O) groups is 1. The van der Waals surface area contributed by atoms with Gasteiger partial charge in [0.1, 0.15) is 5.82 Å². The minimum atomic E-state index is -0.282. The Morgan fingerprint density at radius 1 is 0.808 bits per heavy atom. The van der Waals surface area contributed by atoms with Crippen molar-refractivity contribution in [1.82, 2.24) is 0 Å². The summed E-state index contributed by atoms with van der Waals surface area (Å²) in [6, 6.07) is 23.0. The van der Waals surface area contributed by atoms with Crippen LogP contribution < -0.4 is 4.90 Å². The first-order valence-electron chi connectivity index (χ1n) is 8.99. The summed E-state index contributed by atoms with van der Waals surface area (Å²) in [7, 11) is 0. The van der Waals surface area contributed by atoms with Crippen molar-refractivity contribution in [3.8, 4) is 11.1 Å². The second-order valence-electron chi connectivity index (χ2n) is 7.01. The first kappa shape index (κ1) is 15.3. The van der Waals surface area contributed by atoms with Crippen LogP contribution in [0.3, 0.4) is 0 Å². The molecule has 1 unspecified atom stereocenters. The number of rotatable bonds is 2. The first-order chi connectivity index (χ1) is 12.7. The van der Waals surface area contributed by atoms with Crippen LogP contribution in [0.15, 0.2) is 72.8 Å². The molecule has 1 amide bonds. The molecule has 0 spiro atoms. The van der Waals surface area contributed by atoms with Crippen LogP contribution in [0, 0.1) is 11.7 Å². The zero-order valence-electron chi connectivity index (χ0n) is 14.2. The molecule has 1 heterocycles. The Morgan fingerprint density at radius 2 is 1.38 bits per heavy atom. The van der Waals surface area contributed by atoms with Crippen molar-refractivity contribution in [2.24, 2.45) is 5.92 Å². The van der Waals surface area contributed by atoms with Crippen molar-refractivity contribution < 1.29 is 9.18 Å². The molecule has 3 aromatic rings. The second kappa shape index (κ2) is 5.80. The molecule has 5 rings (SSSR count). The van der Waals surface area contributed by atoms with Gasteiger partial charge in [0.15, 0.2) is 0 Å². The van der Waals surface area contributed by atoms with Crippen LogP contribution in [-0.2, 0) is 4.79 Å². The zero-order valence-corrected chi connectivity index (χ0v) is 14.2. The Hall–Kier alpha value is -2.94. The summed E-state index contributed by atoms with van der Waals surface area (Å²) < 4.78 is 13.2. The molecular weight excluding hydrogens is 325 g/mol. The minimum absolute atomic E-state index is 0.0788. The van der Waals surface area contributed by atoms with E-state index in [2.05, 4.69) is 48.5 Å². The Kier molecular flexibility index (Phi) is 3.42. The van der Waals surface area contributed by atoms with Gasteiger partial charge in [0.05, 0.1) is 5.92 Å². The SMILES string of the molecule is O=C1C(C2c3ccccc3-c3ccccc32)CCN1c1ccc(F)cc1. The van der Waals surface area contributed by atoms with Crippen molar-refractivity contribution in [3.63, 3.8) is 0 Å². The maximum Gasteiger partial charge on any atom is 0.231 e. The molecule has 1 aliphatic heterocycles. The number of hydrogen-bond donors (Lipinski definition) is 0. The highest BCUT2D eigenvalue weighted by molar-refractivity contribution is 5.99. The monoisotopic (exact) mass is 343 g/mol. The van der Waals surface area contributed by atoms with E-state index in [-0.39, 0.29) is 23.6 Å². The van der Waals surface area contributed by atoms with E-state index in [4.69, 9.17) is 0 Å². The zero-order chi connectivity index (χ0) is 17.7. The third kappa shape index (κ3) is 2.20. The summed E-state index contributed by atoms with van der Waals surface area (Å²) in [6.07, 6.45) is 0.809. The molecule has 1 aliphatic carbocycles. The molecule has 2 nitrogen and oxygen atoms in total. The third-order valence-corrected chi connectivity index (χ3v) is 5.67. The molecule has 2 aliphatic rings. The van der Waals surface area contributed by atoms with Crippen LogP contribution >= 0.6 is 0 Å². The van der Waals surface area contributed by atoms with Crippen molar-refractivity contribution in [1.29, 1.82) is 0 Å². The normalized spacial score (nSPS) is 18.9. The topological polar surface area (TPSA) is 20.3 Å². The molecule has 3 heteroatoms. The van der Waals surface area contributed by atoms with Crippen LogP contribution in [0.1, 0.15) is 23.5 Å². The van der Waals surface area contributed by atoms with Crippen LogP contribution in [0.5, 0.6) is 0 Å². The van der Waals surface area contributed by atoms with Crippen LogP contribution in [0.25, 0.3) is 11.1 Å². The lowest BCUT2D eigenvalue weighted by atomic mass is 9.83. The fourth-order valence-electron chi connectivity index (χ4n) is 4.52. The summed E-state index contributed by atoms with van der Waals surface area (Å²) >= 11 is 0. The number of halogens is 1. The number of benzene rings is 3. The smallest absolute Gasteiger partial charge is 0.231 e. The lowest BCUT2D eigenvalue weighted by molar-refractivity contribution is -0.120. The van der Waals surface area contributed by atoms with Crippen LogP contribution in [0.4, 0.5) is 10.1 Å². The lowest BCUT2D eigenvalue weighted by Gasteiger charge is -2.21. The van der Waals surface area contributed by atoms with Crippen molar-refractivity contribution in [2.45, 2.75) is 12.3 Å². The van der Waals surface area contributed by atoms with E-state index in [1.807, 2.05) is 0 Å². The maximum atomic E-state index is 13.2. The first-order valence-corrected chi connectivity index (χ1v) is 8.99. The quantitative estimate of drug-likeness (QED) is 0.642. The van der Waals surface area contributed by atoms with E-state index in [1.165, 1.54) is 34.4 Å². The standard InChI is InChI=1S/C23H18FNO/c24-15-9-11-16(12-10-15)25-14-13-21(23(25)26)22-19-7-3-1-5-17(19)18-6-2-4-8-20(18)22/h1-12,21-22H,13-14H2.